The van der Waals surface area contributed by atoms with Crippen LogP contribution in [0.25, 0.3) is 22.6 Å². The van der Waals surface area contributed by atoms with Gasteiger partial charge < -0.3 is 14.6 Å². The fourth-order valence-corrected chi connectivity index (χ4v) is 4.27. The molecule has 0 fully saturated rings. The number of allylic oxidation sites excluding steroid dienone is 1. The van der Waals surface area contributed by atoms with Crippen LogP contribution in [0.4, 0.5) is 5.82 Å². The Bertz CT molecular complexity index is 1410. The maximum absolute atomic E-state index is 13.3. The molecule has 34 heavy (non-hydrogen) atoms. The number of benzene rings is 2. The Labute approximate surface area is 196 Å². The quantitative estimate of drug-likeness (QED) is 0.417. The van der Waals surface area contributed by atoms with E-state index in [9.17, 15) is 9.59 Å². The van der Waals surface area contributed by atoms with Gasteiger partial charge in [0.2, 0.25) is 0 Å². The Morgan fingerprint density at radius 2 is 1.88 bits per heavy atom. The van der Waals surface area contributed by atoms with E-state index in [2.05, 4.69) is 16.5 Å². The van der Waals surface area contributed by atoms with Gasteiger partial charge in [-0.25, -0.2) is 9.78 Å². The first-order valence-corrected chi connectivity index (χ1v) is 11.2. The van der Waals surface area contributed by atoms with E-state index in [0.29, 0.717) is 17.7 Å². The normalized spacial score (nSPS) is 14.1. The molecule has 0 bridgehead atoms. The number of nitrogens with one attached hydrogen (secondary N) is 1. The molecule has 2 heterocycles. The third kappa shape index (κ3) is 4.45. The average Bonchev–Trinajstić information content (AvgIpc) is 3.26. The topological polar surface area (TPSA) is 94.3 Å². The number of fused-ring (bicyclic) bond motifs is 2. The van der Waals surface area contributed by atoms with Gasteiger partial charge in [-0.15, -0.1) is 0 Å². The lowest BCUT2D eigenvalue weighted by molar-refractivity contribution is -0.119. The highest BCUT2D eigenvalue weighted by Gasteiger charge is 2.26. The molecule has 7 heteroatoms. The second-order valence-electron chi connectivity index (χ2n) is 8.21. The Balaban J connectivity index is 1.47. The molecule has 0 spiro atoms. The predicted octanol–water partition coefficient (Wildman–Crippen LogP) is 5.20. The molecule has 0 saturated carbocycles. The van der Waals surface area contributed by atoms with E-state index < -0.39 is 18.5 Å². The van der Waals surface area contributed by atoms with Crippen LogP contribution in [-0.2, 0) is 16.0 Å². The van der Waals surface area contributed by atoms with Crippen LogP contribution >= 0.6 is 0 Å². The third-order valence-electron chi connectivity index (χ3n) is 5.74. The Morgan fingerprint density at radius 3 is 2.68 bits per heavy atom. The number of ether oxygens (including phenoxy) is 1. The zero-order chi connectivity index (χ0) is 23.5. The van der Waals surface area contributed by atoms with Gasteiger partial charge in [-0.1, -0.05) is 53.7 Å². The second kappa shape index (κ2) is 9.31. The number of hydrogen-bond donors (Lipinski definition) is 1. The molecule has 0 unspecified atom stereocenters. The van der Waals surface area contributed by atoms with Crippen LogP contribution in [0.1, 0.15) is 45.8 Å². The number of aromatic nitrogens is 2. The molecule has 5 rings (SSSR count). The first-order chi connectivity index (χ1) is 16.6. The van der Waals surface area contributed by atoms with Gasteiger partial charge in [-0.05, 0) is 55.0 Å². The van der Waals surface area contributed by atoms with Gasteiger partial charge in [0.25, 0.3) is 5.91 Å². The van der Waals surface area contributed by atoms with E-state index in [0.717, 1.165) is 46.1 Å². The number of para-hydroxylation sites is 1. The molecule has 1 aliphatic carbocycles. The SMILES string of the molecule is Cc1cc(NC(=O)COC(=O)c2c3c(nc4ccccc24)/C(=C/c2ccccc2)CCC3)no1. The minimum atomic E-state index is -0.540. The molecule has 7 nitrogen and oxygen atoms in total. The van der Waals surface area contributed by atoms with Gasteiger partial charge in [0.1, 0.15) is 5.76 Å². The van der Waals surface area contributed by atoms with Crippen molar-refractivity contribution in [1.29, 1.82) is 0 Å². The summed E-state index contributed by atoms with van der Waals surface area (Å²) in [6.45, 7) is 1.30. The van der Waals surface area contributed by atoms with Crippen LogP contribution < -0.4 is 5.32 Å². The second-order valence-corrected chi connectivity index (χ2v) is 8.21. The largest absolute Gasteiger partial charge is 0.452 e. The third-order valence-corrected chi connectivity index (χ3v) is 5.74. The lowest BCUT2D eigenvalue weighted by Crippen LogP contribution is -2.22. The summed E-state index contributed by atoms with van der Waals surface area (Å²) in [6, 6.07) is 19.2. The number of aryl methyl sites for hydroxylation is 1. The number of hydrogen-bond acceptors (Lipinski definition) is 6. The van der Waals surface area contributed by atoms with Crippen molar-refractivity contribution in [1.82, 2.24) is 10.1 Å². The minimum absolute atomic E-state index is 0.279. The highest BCUT2D eigenvalue weighted by atomic mass is 16.5. The smallest absolute Gasteiger partial charge is 0.339 e. The van der Waals surface area contributed by atoms with Crippen molar-refractivity contribution in [2.75, 3.05) is 11.9 Å². The highest BCUT2D eigenvalue weighted by Crippen LogP contribution is 2.36. The highest BCUT2D eigenvalue weighted by molar-refractivity contribution is 6.07. The zero-order valence-electron chi connectivity index (χ0n) is 18.7. The van der Waals surface area contributed by atoms with E-state index in [1.165, 1.54) is 0 Å². The van der Waals surface area contributed by atoms with Crippen molar-refractivity contribution in [2.24, 2.45) is 0 Å². The zero-order valence-corrected chi connectivity index (χ0v) is 18.7. The van der Waals surface area contributed by atoms with Crippen molar-refractivity contribution in [3.63, 3.8) is 0 Å². The summed E-state index contributed by atoms with van der Waals surface area (Å²) < 4.78 is 10.4. The van der Waals surface area contributed by atoms with Crippen LogP contribution in [-0.4, -0.2) is 28.6 Å². The Hall–Kier alpha value is -4.26. The van der Waals surface area contributed by atoms with E-state index in [4.69, 9.17) is 14.2 Å². The minimum Gasteiger partial charge on any atom is -0.452 e. The summed E-state index contributed by atoms with van der Waals surface area (Å²) in [5.74, 6) is -0.177. The summed E-state index contributed by atoms with van der Waals surface area (Å²) in [4.78, 5) is 30.5. The lowest BCUT2D eigenvalue weighted by atomic mass is 9.86. The molecule has 2 aromatic heterocycles. The van der Waals surface area contributed by atoms with Crippen LogP contribution in [0.15, 0.2) is 65.2 Å². The molecule has 2 aromatic carbocycles. The van der Waals surface area contributed by atoms with Gasteiger partial charge in [0.15, 0.2) is 12.4 Å². The van der Waals surface area contributed by atoms with E-state index in [1.54, 1.807) is 13.0 Å². The average molecular weight is 453 g/mol. The summed E-state index contributed by atoms with van der Waals surface area (Å²) in [5.41, 5.74) is 5.06. The standard InChI is InChI=1S/C27H23N3O4/c1-17-14-23(30-34-17)29-24(31)16-33-27(32)25-20-11-5-6-13-22(20)28-26-19(10-7-12-21(25)26)15-18-8-3-2-4-9-18/h2-6,8-9,11,13-15H,7,10,12,16H2,1H3,(H,29,30,31)/b19-15+. The fourth-order valence-electron chi connectivity index (χ4n) is 4.27. The number of anilines is 1. The van der Waals surface area contributed by atoms with E-state index >= 15 is 0 Å². The lowest BCUT2D eigenvalue weighted by Gasteiger charge is -2.22. The van der Waals surface area contributed by atoms with Crippen LogP contribution in [0.2, 0.25) is 0 Å². The Morgan fingerprint density at radius 1 is 1.09 bits per heavy atom. The first kappa shape index (κ1) is 21.6. The maximum Gasteiger partial charge on any atom is 0.339 e. The first-order valence-electron chi connectivity index (χ1n) is 11.2. The molecular weight excluding hydrogens is 430 g/mol. The number of nitrogens with zero attached hydrogens (tertiary/aromatic N) is 2. The van der Waals surface area contributed by atoms with Gasteiger partial charge in [-0.2, -0.15) is 0 Å². The van der Waals surface area contributed by atoms with Crippen molar-refractivity contribution in [2.45, 2.75) is 26.2 Å². The summed E-state index contributed by atoms with van der Waals surface area (Å²) >= 11 is 0. The van der Waals surface area contributed by atoms with Crippen LogP contribution in [0.3, 0.4) is 0 Å². The summed E-state index contributed by atoms with van der Waals surface area (Å²) in [6.07, 6.45) is 4.62. The van der Waals surface area contributed by atoms with Gasteiger partial charge in [-0.3, -0.25) is 4.79 Å². The number of carbonyl (C=O) groups excluding carboxylic acids is 2. The number of esters is 1. The monoisotopic (exact) mass is 453 g/mol. The van der Waals surface area contributed by atoms with E-state index in [-0.39, 0.29) is 5.82 Å². The van der Waals surface area contributed by atoms with Gasteiger partial charge in [0, 0.05) is 11.5 Å². The number of carbonyl (C=O) groups is 2. The molecule has 0 radical (unpaired) electrons. The van der Waals surface area contributed by atoms with E-state index in [1.807, 2.05) is 54.6 Å². The predicted molar refractivity (Wildman–Crippen MR) is 129 cm³/mol. The van der Waals surface area contributed by atoms with Crippen molar-refractivity contribution < 1.29 is 18.8 Å². The molecule has 0 atom stereocenters. The van der Waals surface area contributed by atoms with Crippen LogP contribution in [0.5, 0.6) is 0 Å². The van der Waals surface area contributed by atoms with Crippen molar-refractivity contribution in [3.8, 4) is 0 Å². The van der Waals surface area contributed by atoms with Gasteiger partial charge >= 0.3 is 5.97 Å². The number of amides is 1. The molecule has 1 N–H and O–H groups in total. The Kier molecular flexibility index (Phi) is 5.91. The summed E-state index contributed by atoms with van der Waals surface area (Å²) in [7, 11) is 0. The maximum atomic E-state index is 13.3. The van der Waals surface area contributed by atoms with Crippen molar-refractivity contribution in [3.05, 3.63) is 88.8 Å². The van der Waals surface area contributed by atoms with Crippen molar-refractivity contribution >= 4 is 40.2 Å². The molecule has 1 aliphatic rings. The number of pyridine rings is 1. The molecule has 1 amide bonds. The fraction of sp³-hybridized carbons (Fsp3) is 0.185. The molecule has 4 aromatic rings. The number of rotatable bonds is 5. The molecule has 170 valence electrons. The summed E-state index contributed by atoms with van der Waals surface area (Å²) in [5, 5.41) is 7.00. The van der Waals surface area contributed by atoms with Crippen LogP contribution in [0, 0.1) is 6.92 Å². The molecule has 0 aliphatic heterocycles. The van der Waals surface area contributed by atoms with Gasteiger partial charge in [0.05, 0.1) is 16.8 Å². The molecular formula is C27H23N3O4. The molecule has 0 saturated heterocycles.